The number of hydrogen-bond donors (Lipinski definition) is 1. The summed E-state index contributed by atoms with van der Waals surface area (Å²) in [5.41, 5.74) is 3.89. The lowest BCUT2D eigenvalue weighted by Gasteiger charge is -2.10. The maximum Gasteiger partial charge on any atom is 0.334 e. The summed E-state index contributed by atoms with van der Waals surface area (Å²) < 4.78 is 4.65. The van der Waals surface area contributed by atoms with Crippen molar-refractivity contribution in [1.29, 1.82) is 0 Å². The van der Waals surface area contributed by atoms with Crippen LogP contribution in [-0.4, -0.2) is 24.2 Å². The van der Waals surface area contributed by atoms with Gasteiger partial charge in [-0.05, 0) is 43.0 Å². The first-order valence-electron chi connectivity index (χ1n) is 5.94. The highest BCUT2D eigenvalue weighted by Crippen LogP contribution is 2.23. The molecule has 0 aliphatic carbocycles. The Morgan fingerprint density at radius 2 is 1.84 bits per heavy atom. The molecule has 1 aromatic carbocycles. The molecule has 1 rings (SSSR count). The van der Waals surface area contributed by atoms with Crippen LogP contribution in [0.1, 0.15) is 30.0 Å². The zero-order valence-corrected chi connectivity index (χ0v) is 11.6. The van der Waals surface area contributed by atoms with E-state index in [-0.39, 0.29) is 12.0 Å². The van der Waals surface area contributed by atoms with Gasteiger partial charge in [0.2, 0.25) is 0 Å². The van der Waals surface area contributed by atoms with Crippen LogP contribution in [-0.2, 0) is 14.3 Å². The first kappa shape index (κ1) is 15.0. The van der Waals surface area contributed by atoms with Crippen LogP contribution in [0.25, 0.3) is 5.57 Å². The number of carboxylic acid groups (broad SMARTS) is 1. The monoisotopic (exact) mass is 262 g/mol. The Balaban J connectivity index is 3.30. The molecule has 0 radical (unpaired) electrons. The Morgan fingerprint density at radius 1 is 1.21 bits per heavy atom. The topological polar surface area (TPSA) is 63.6 Å². The molecule has 0 atom stereocenters. The third-order valence-electron chi connectivity index (χ3n) is 3.15. The van der Waals surface area contributed by atoms with Crippen LogP contribution in [0.3, 0.4) is 0 Å². The molecule has 102 valence electrons. The van der Waals surface area contributed by atoms with Gasteiger partial charge in [0.1, 0.15) is 0 Å². The van der Waals surface area contributed by atoms with Crippen molar-refractivity contribution in [3.8, 4) is 0 Å². The van der Waals surface area contributed by atoms with Gasteiger partial charge in [0, 0.05) is 0 Å². The van der Waals surface area contributed by atoms with Crippen LogP contribution in [0.15, 0.2) is 23.8 Å². The molecule has 4 heteroatoms. The van der Waals surface area contributed by atoms with E-state index in [0.29, 0.717) is 5.57 Å². The smallest absolute Gasteiger partial charge is 0.334 e. The largest absolute Gasteiger partial charge is 0.481 e. The molecule has 0 aliphatic rings. The highest BCUT2D eigenvalue weighted by atomic mass is 16.5. The van der Waals surface area contributed by atoms with Crippen LogP contribution in [0.2, 0.25) is 0 Å². The van der Waals surface area contributed by atoms with E-state index in [1.54, 1.807) is 6.92 Å². The summed E-state index contributed by atoms with van der Waals surface area (Å²) >= 11 is 0. The third-order valence-corrected chi connectivity index (χ3v) is 3.15. The molecule has 0 aromatic heterocycles. The van der Waals surface area contributed by atoms with E-state index in [2.05, 4.69) is 4.74 Å². The Bertz CT molecular complexity index is 541. The van der Waals surface area contributed by atoms with E-state index in [1.807, 2.05) is 32.0 Å². The fraction of sp³-hybridized carbons (Fsp3) is 0.333. The number of esters is 1. The summed E-state index contributed by atoms with van der Waals surface area (Å²) in [6.45, 7) is 5.71. The first-order chi connectivity index (χ1) is 8.86. The lowest BCUT2D eigenvalue weighted by Crippen LogP contribution is -2.11. The molecule has 19 heavy (non-hydrogen) atoms. The summed E-state index contributed by atoms with van der Waals surface area (Å²) in [4.78, 5) is 22.5. The molecule has 0 spiro atoms. The lowest BCUT2D eigenvalue weighted by molar-refractivity contribution is -0.141. The summed E-state index contributed by atoms with van der Waals surface area (Å²) in [5, 5.41) is 8.88. The highest BCUT2D eigenvalue weighted by Gasteiger charge is 2.18. The Hall–Kier alpha value is -2.10. The van der Waals surface area contributed by atoms with E-state index in [9.17, 15) is 9.59 Å². The number of allylic oxidation sites excluding steroid dienone is 1. The van der Waals surface area contributed by atoms with Crippen LogP contribution >= 0.6 is 0 Å². The molecule has 0 saturated heterocycles. The van der Waals surface area contributed by atoms with Crippen molar-refractivity contribution in [2.24, 2.45) is 0 Å². The van der Waals surface area contributed by atoms with Gasteiger partial charge in [-0.15, -0.1) is 0 Å². The van der Waals surface area contributed by atoms with Gasteiger partial charge in [0.05, 0.1) is 19.1 Å². The van der Waals surface area contributed by atoms with Gasteiger partial charge in [0.25, 0.3) is 0 Å². The molecule has 4 nitrogen and oxygen atoms in total. The summed E-state index contributed by atoms with van der Waals surface area (Å²) in [6.07, 6.45) is -0.342. The molecular formula is C15H18O4. The Morgan fingerprint density at radius 3 is 2.32 bits per heavy atom. The minimum Gasteiger partial charge on any atom is -0.481 e. The SMILES string of the molecule is COC(=O)/C(CC(=O)O)=C(\C)c1ccc(C)c(C)c1. The number of ether oxygens (including phenoxy) is 1. The van der Waals surface area contributed by atoms with Gasteiger partial charge in [-0.2, -0.15) is 0 Å². The van der Waals surface area contributed by atoms with E-state index in [1.165, 1.54) is 7.11 Å². The van der Waals surface area contributed by atoms with E-state index in [0.717, 1.165) is 16.7 Å². The Labute approximate surface area is 112 Å². The molecule has 0 amide bonds. The summed E-state index contributed by atoms with van der Waals surface area (Å²) in [5.74, 6) is -1.65. The number of aryl methyl sites for hydroxylation is 2. The number of hydrogen-bond acceptors (Lipinski definition) is 3. The average Bonchev–Trinajstić information content (AvgIpc) is 2.37. The second-order valence-corrected chi connectivity index (χ2v) is 4.46. The number of carboxylic acids is 1. The van der Waals surface area contributed by atoms with Crippen molar-refractivity contribution >= 4 is 17.5 Å². The number of carbonyl (C=O) groups is 2. The molecule has 0 saturated carbocycles. The molecule has 1 aromatic rings. The molecule has 0 aliphatic heterocycles. The molecule has 0 heterocycles. The normalized spacial score (nSPS) is 11.8. The molecule has 0 bridgehead atoms. The fourth-order valence-electron chi connectivity index (χ4n) is 1.78. The predicted molar refractivity (Wildman–Crippen MR) is 72.8 cm³/mol. The molecule has 0 unspecified atom stereocenters. The van der Waals surface area contributed by atoms with Gasteiger partial charge in [-0.1, -0.05) is 18.2 Å². The molecule has 1 N–H and O–H groups in total. The predicted octanol–water partition coefficient (Wildman–Crippen LogP) is 2.72. The maximum absolute atomic E-state index is 11.7. The second-order valence-electron chi connectivity index (χ2n) is 4.46. The maximum atomic E-state index is 11.7. The van der Waals surface area contributed by atoms with Crippen molar-refractivity contribution in [2.75, 3.05) is 7.11 Å². The average molecular weight is 262 g/mol. The second kappa shape index (κ2) is 6.18. The Kier molecular flexibility index (Phi) is 4.87. The molecule has 0 fully saturated rings. The number of rotatable bonds is 4. The van der Waals surface area contributed by atoms with Crippen molar-refractivity contribution in [3.05, 3.63) is 40.5 Å². The van der Waals surface area contributed by atoms with Gasteiger partial charge < -0.3 is 9.84 Å². The number of benzene rings is 1. The van der Waals surface area contributed by atoms with Crippen molar-refractivity contribution < 1.29 is 19.4 Å². The third kappa shape index (κ3) is 3.68. The van der Waals surface area contributed by atoms with Crippen molar-refractivity contribution in [1.82, 2.24) is 0 Å². The minimum absolute atomic E-state index is 0.179. The summed E-state index contributed by atoms with van der Waals surface area (Å²) in [7, 11) is 1.25. The first-order valence-corrected chi connectivity index (χ1v) is 5.94. The zero-order valence-electron chi connectivity index (χ0n) is 11.6. The van der Waals surface area contributed by atoms with Crippen molar-refractivity contribution in [3.63, 3.8) is 0 Å². The minimum atomic E-state index is -1.05. The number of aliphatic carboxylic acids is 1. The lowest BCUT2D eigenvalue weighted by atomic mass is 9.96. The quantitative estimate of drug-likeness (QED) is 0.669. The standard InChI is InChI=1S/C15H18O4/c1-9-5-6-12(7-10(9)2)11(3)13(8-14(16)17)15(18)19-4/h5-7H,8H2,1-4H3,(H,16,17)/b13-11+. The van der Waals surface area contributed by atoms with Gasteiger partial charge in [-0.3, -0.25) is 4.79 Å². The van der Waals surface area contributed by atoms with E-state index in [4.69, 9.17) is 5.11 Å². The molecular weight excluding hydrogens is 244 g/mol. The van der Waals surface area contributed by atoms with Crippen LogP contribution in [0.4, 0.5) is 0 Å². The number of carbonyl (C=O) groups excluding carboxylic acids is 1. The van der Waals surface area contributed by atoms with E-state index < -0.39 is 11.9 Å². The number of methoxy groups -OCH3 is 1. The fourth-order valence-corrected chi connectivity index (χ4v) is 1.78. The van der Waals surface area contributed by atoms with Crippen molar-refractivity contribution in [2.45, 2.75) is 27.2 Å². The van der Waals surface area contributed by atoms with Gasteiger partial charge in [0.15, 0.2) is 0 Å². The van der Waals surface area contributed by atoms with Gasteiger partial charge in [-0.25, -0.2) is 4.79 Å². The summed E-state index contributed by atoms with van der Waals surface area (Å²) in [6, 6.07) is 5.77. The van der Waals surface area contributed by atoms with Gasteiger partial charge >= 0.3 is 11.9 Å². The zero-order chi connectivity index (χ0) is 14.6. The van der Waals surface area contributed by atoms with Crippen LogP contribution < -0.4 is 0 Å². The van der Waals surface area contributed by atoms with Crippen LogP contribution in [0.5, 0.6) is 0 Å². The van der Waals surface area contributed by atoms with E-state index >= 15 is 0 Å². The van der Waals surface area contributed by atoms with Crippen LogP contribution in [0, 0.1) is 13.8 Å². The highest BCUT2D eigenvalue weighted by molar-refractivity contribution is 6.01.